The number of piperazine rings is 1. The number of anilines is 1. The zero-order chi connectivity index (χ0) is 32.2. The summed E-state index contributed by atoms with van der Waals surface area (Å²) >= 11 is 3.65. The second-order valence-corrected chi connectivity index (χ2v) is 14.0. The smallest absolute Gasteiger partial charge is 0.410 e. The largest absolute Gasteiger partial charge is 0.436 e. The molecule has 0 spiro atoms. The van der Waals surface area contributed by atoms with Crippen LogP contribution in [-0.2, 0) is 22.4 Å². The van der Waals surface area contributed by atoms with Gasteiger partial charge in [0.1, 0.15) is 0 Å². The highest BCUT2D eigenvalue weighted by molar-refractivity contribution is 9.10. The molecule has 11 heteroatoms. The molecule has 10 nitrogen and oxygen atoms in total. The third-order valence-electron chi connectivity index (χ3n) is 10.2. The van der Waals surface area contributed by atoms with Crippen molar-refractivity contribution in [2.45, 2.75) is 70.6 Å². The van der Waals surface area contributed by atoms with E-state index in [2.05, 4.69) is 49.7 Å². The quantitative estimate of drug-likeness (QED) is 0.450. The van der Waals surface area contributed by atoms with Gasteiger partial charge in [-0.3, -0.25) is 9.69 Å². The van der Waals surface area contributed by atoms with E-state index in [1.807, 2.05) is 41.8 Å². The predicted molar refractivity (Wildman–Crippen MR) is 184 cm³/mol. The Morgan fingerprint density at radius 3 is 2.28 bits per heavy atom. The zero-order valence-electron chi connectivity index (χ0n) is 27.1. The number of carbonyl (C=O) groups excluding carboxylic acids is 3. The molecule has 0 aromatic heterocycles. The number of aryl methyl sites for hydroxylation is 2. The molecule has 2 aromatic carbocycles. The van der Waals surface area contributed by atoms with Gasteiger partial charge < -0.3 is 30.1 Å². The van der Waals surface area contributed by atoms with E-state index < -0.39 is 12.2 Å². The van der Waals surface area contributed by atoms with Crippen LogP contribution in [0.25, 0.3) is 0 Å². The molecule has 6 rings (SSSR count). The lowest BCUT2D eigenvalue weighted by Gasteiger charge is -2.41. The summed E-state index contributed by atoms with van der Waals surface area (Å²) < 4.78 is 7.15. The Bertz CT molecular complexity index is 1400. The molecule has 4 aliphatic rings. The number of carbonyl (C=O) groups is 3. The molecule has 4 heterocycles. The van der Waals surface area contributed by atoms with Crippen LogP contribution in [0.15, 0.2) is 40.9 Å². The number of piperidine rings is 2. The molecule has 0 unspecified atom stereocenters. The molecule has 250 valence electrons. The van der Waals surface area contributed by atoms with E-state index in [0.717, 1.165) is 77.9 Å². The van der Waals surface area contributed by atoms with E-state index in [-0.39, 0.29) is 19.4 Å². The molecule has 0 bridgehead atoms. The molecule has 4 aliphatic heterocycles. The van der Waals surface area contributed by atoms with Crippen molar-refractivity contribution in [3.05, 3.63) is 63.1 Å². The van der Waals surface area contributed by atoms with Gasteiger partial charge >= 0.3 is 12.1 Å². The first kappa shape index (κ1) is 32.8. The summed E-state index contributed by atoms with van der Waals surface area (Å²) in [5, 5.41) is 6.50. The number of nitrogens with one attached hydrogen (secondary N) is 2. The summed E-state index contributed by atoms with van der Waals surface area (Å²) in [6, 6.07) is 12.6. The summed E-state index contributed by atoms with van der Waals surface area (Å²) in [6.07, 6.45) is 3.39. The maximum absolute atomic E-state index is 14.0. The number of likely N-dealkylation sites (tertiary alicyclic amines) is 1. The van der Waals surface area contributed by atoms with E-state index in [0.29, 0.717) is 58.0 Å². The summed E-state index contributed by atoms with van der Waals surface area (Å²) in [5.41, 5.74) is 5.16. The molecule has 1 atom stereocenters. The topological polar surface area (TPSA) is 97.5 Å². The van der Waals surface area contributed by atoms with Crippen LogP contribution >= 0.6 is 15.9 Å². The average Bonchev–Trinajstić information content (AvgIpc) is 3.25. The molecular formula is C35H49BrN6O4. The minimum atomic E-state index is -0.898. The monoisotopic (exact) mass is 696 g/mol. The van der Waals surface area contributed by atoms with Gasteiger partial charge in [0.25, 0.3) is 5.91 Å². The van der Waals surface area contributed by atoms with E-state index in [1.54, 1.807) is 4.90 Å². The number of rotatable bonds is 6. The summed E-state index contributed by atoms with van der Waals surface area (Å²) in [5.74, 6) is -0.118. The Balaban J connectivity index is 0.00000433. The van der Waals surface area contributed by atoms with Gasteiger partial charge in [-0.2, -0.15) is 0 Å². The van der Waals surface area contributed by atoms with Crippen LogP contribution in [0.2, 0.25) is 0 Å². The van der Waals surface area contributed by atoms with E-state index >= 15 is 0 Å². The number of hydrogen-bond donors (Lipinski definition) is 2. The lowest BCUT2D eigenvalue weighted by molar-refractivity contribution is -0.143. The first-order valence-corrected chi connectivity index (χ1v) is 17.7. The van der Waals surface area contributed by atoms with Crippen molar-refractivity contribution in [3.63, 3.8) is 0 Å². The fraction of sp³-hybridized carbons (Fsp3) is 0.571. The van der Waals surface area contributed by atoms with Gasteiger partial charge in [-0.15, -0.1) is 0 Å². The number of para-hydroxylation sites is 1. The lowest BCUT2D eigenvalue weighted by atomic mass is 10.0. The van der Waals surface area contributed by atoms with Crippen LogP contribution in [-0.4, -0.2) is 115 Å². The maximum Gasteiger partial charge on any atom is 0.410 e. The van der Waals surface area contributed by atoms with Gasteiger partial charge in [0.15, 0.2) is 6.10 Å². The van der Waals surface area contributed by atoms with Crippen LogP contribution < -0.4 is 10.6 Å². The van der Waals surface area contributed by atoms with Gasteiger partial charge in [-0.25, -0.2) is 9.59 Å². The number of halogens is 1. The number of amides is 4. The van der Waals surface area contributed by atoms with Crippen molar-refractivity contribution in [2.24, 2.45) is 0 Å². The van der Waals surface area contributed by atoms with Gasteiger partial charge in [0.2, 0.25) is 0 Å². The standard InChI is InChI=1S/C35H47BrN6O4.H2/c1-24-21-26(22-25(2)32(24)36)23-31(33(43)40-19-17-39(18-20-40)28-7-12-37-13-8-28)46-35(45)41-14-10-29(11-15-41)42-16-9-27-5-3-4-6-30(27)38-34(42)44;/h3-6,21-22,28-29,31,37H,7-20,23H2,1-2H3,(H,38,44);1H/t31-;/m1./s1. The number of benzene rings is 2. The van der Waals surface area contributed by atoms with Gasteiger partial charge in [-0.1, -0.05) is 46.3 Å². The second kappa shape index (κ2) is 14.7. The number of fused-ring (bicyclic) bond motifs is 1. The summed E-state index contributed by atoms with van der Waals surface area (Å²) in [7, 11) is 0. The molecular weight excluding hydrogens is 648 g/mol. The Kier molecular flexibility index (Phi) is 10.5. The fourth-order valence-electron chi connectivity index (χ4n) is 7.52. The van der Waals surface area contributed by atoms with Crippen LogP contribution in [0.3, 0.4) is 0 Å². The van der Waals surface area contributed by atoms with Crippen molar-refractivity contribution in [3.8, 4) is 0 Å². The maximum atomic E-state index is 14.0. The third-order valence-corrected chi connectivity index (χ3v) is 11.4. The Morgan fingerprint density at radius 2 is 1.59 bits per heavy atom. The van der Waals surface area contributed by atoms with Crippen LogP contribution in [0, 0.1) is 13.8 Å². The van der Waals surface area contributed by atoms with Gasteiger partial charge in [0.05, 0.1) is 0 Å². The highest BCUT2D eigenvalue weighted by Gasteiger charge is 2.36. The SMILES string of the molecule is Cc1cc(C[C@@H](OC(=O)N2CCC(N3CCc4ccccc4NC3=O)CC2)C(=O)N2CCN(C3CCNCC3)CC2)cc(C)c1Br.[HH]. The molecule has 0 saturated carbocycles. The molecule has 46 heavy (non-hydrogen) atoms. The van der Waals surface area contributed by atoms with Crippen LogP contribution in [0.4, 0.5) is 15.3 Å². The Morgan fingerprint density at radius 1 is 0.913 bits per heavy atom. The second-order valence-electron chi connectivity index (χ2n) is 13.2. The van der Waals surface area contributed by atoms with Crippen LogP contribution in [0.1, 0.15) is 49.4 Å². The Labute approximate surface area is 282 Å². The predicted octanol–water partition coefficient (Wildman–Crippen LogP) is 4.81. The van der Waals surface area contributed by atoms with Crippen molar-refractivity contribution >= 4 is 39.6 Å². The lowest BCUT2D eigenvalue weighted by Crippen LogP contribution is -2.56. The molecule has 4 amide bonds. The highest BCUT2D eigenvalue weighted by atomic mass is 79.9. The molecule has 0 aliphatic carbocycles. The minimum absolute atomic E-state index is 0. The minimum Gasteiger partial charge on any atom is -0.436 e. The van der Waals surface area contributed by atoms with Crippen molar-refractivity contribution in [2.75, 3.05) is 64.2 Å². The fourth-order valence-corrected chi connectivity index (χ4v) is 7.75. The van der Waals surface area contributed by atoms with E-state index in [9.17, 15) is 14.4 Å². The average molecular weight is 698 g/mol. The first-order valence-electron chi connectivity index (χ1n) is 16.9. The van der Waals surface area contributed by atoms with Crippen molar-refractivity contribution in [1.29, 1.82) is 0 Å². The van der Waals surface area contributed by atoms with Gasteiger partial charge in [-0.05, 0) is 87.4 Å². The molecule has 3 saturated heterocycles. The number of nitrogens with zero attached hydrogens (tertiary/aromatic N) is 4. The molecule has 3 fully saturated rings. The highest BCUT2D eigenvalue weighted by Crippen LogP contribution is 2.27. The summed E-state index contributed by atoms with van der Waals surface area (Å²) in [6.45, 7) is 10.7. The number of urea groups is 1. The third kappa shape index (κ3) is 7.52. The van der Waals surface area contributed by atoms with Gasteiger partial charge in [0, 0.05) is 75.9 Å². The summed E-state index contributed by atoms with van der Waals surface area (Å²) in [4.78, 5) is 48.7. The van der Waals surface area contributed by atoms with Crippen molar-refractivity contribution in [1.82, 2.24) is 24.9 Å². The molecule has 0 radical (unpaired) electrons. The number of ether oxygens (including phenoxy) is 1. The molecule has 2 aromatic rings. The zero-order valence-corrected chi connectivity index (χ0v) is 28.7. The number of hydrogen-bond acceptors (Lipinski definition) is 6. The Hall–Kier alpha value is -3.15. The normalized spacial score (nSPS) is 20.9. The first-order chi connectivity index (χ1) is 22.3. The molecule has 2 N–H and O–H groups in total. The van der Waals surface area contributed by atoms with Crippen molar-refractivity contribution < 1.29 is 20.5 Å². The van der Waals surface area contributed by atoms with E-state index in [1.165, 1.54) is 0 Å². The van der Waals surface area contributed by atoms with Crippen LogP contribution in [0.5, 0.6) is 0 Å². The van der Waals surface area contributed by atoms with E-state index in [4.69, 9.17) is 4.74 Å².